The standard InChI is InChI=1S/C12H18O/c1-7-8(2)10(4)12(6-13)11(5)9(7)3/h6,8,10H,1-5H3. The van der Waals surface area contributed by atoms with E-state index in [1.54, 1.807) is 0 Å². The van der Waals surface area contributed by atoms with Crippen LogP contribution in [0.1, 0.15) is 34.6 Å². The highest BCUT2D eigenvalue weighted by Crippen LogP contribution is 2.36. The summed E-state index contributed by atoms with van der Waals surface area (Å²) in [6, 6.07) is 0. The Kier molecular flexibility index (Phi) is 2.74. The molecule has 1 aliphatic carbocycles. The Morgan fingerprint density at radius 2 is 1.54 bits per heavy atom. The van der Waals surface area contributed by atoms with Crippen LogP contribution in [-0.4, -0.2) is 6.29 Å². The largest absolute Gasteiger partial charge is 0.298 e. The lowest BCUT2D eigenvalue weighted by molar-refractivity contribution is -0.105. The summed E-state index contributed by atoms with van der Waals surface area (Å²) in [5.74, 6) is 0.880. The second-order valence-electron chi connectivity index (χ2n) is 4.08. The molecule has 0 aliphatic heterocycles. The molecule has 0 aromatic carbocycles. The number of hydrogen-bond acceptors (Lipinski definition) is 1. The van der Waals surface area contributed by atoms with E-state index >= 15 is 0 Å². The van der Waals surface area contributed by atoms with Crippen LogP contribution in [0.5, 0.6) is 0 Å². The van der Waals surface area contributed by atoms with Gasteiger partial charge >= 0.3 is 0 Å². The molecule has 0 heterocycles. The van der Waals surface area contributed by atoms with E-state index in [0.29, 0.717) is 11.8 Å². The molecular weight excluding hydrogens is 160 g/mol. The fraction of sp³-hybridized carbons (Fsp3) is 0.583. The molecule has 0 spiro atoms. The highest BCUT2D eigenvalue weighted by Gasteiger charge is 2.25. The fourth-order valence-electron chi connectivity index (χ4n) is 2.04. The van der Waals surface area contributed by atoms with Gasteiger partial charge in [0, 0.05) is 0 Å². The monoisotopic (exact) mass is 178 g/mol. The van der Waals surface area contributed by atoms with Gasteiger partial charge in [0.2, 0.25) is 0 Å². The maximum Gasteiger partial charge on any atom is 0.146 e. The zero-order valence-corrected chi connectivity index (χ0v) is 9.14. The molecule has 1 nitrogen and oxygen atoms in total. The van der Waals surface area contributed by atoms with Crippen LogP contribution in [0.25, 0.3) is 0 Å². The van der Waals surface area contributed by atoms with Crippen molar-refractivity contribution in [2.45, 2.75) is 34.6 Å². The number of carbonyl (C=O) groups excluding carboxylic acids is 1. The van der Waals surface area contributed by atoms with Crippen LogP contribution in [0.4, 0.5) is 0 Å². The second kappa shape index (κ2) is 3.49. The molecule has 1 rings (SSSR count). The number of aldehydes is 1. The molecule has 2 atom stereocenters. The molecule has 13 heavy (non-hydrogen) atoms. The lowest BCUT2D eigenvalue weighted by Crippen LogP contribution is -2.20. The van der Waals surface area contributed by atoms with Crippen LogP contribution in [-0.2, 0) is 4.79 Å². The minimum absolute atomic E-state index is 0.376. The Hall–Kier alpha value is -0.850. The Morgan fingerprint density at radius 3 is 2.00 bits per heavy atom. The van der Waals surface area contributed by atoms with Crippen LogP contribution in [0.2, 0.25) is 0 Å². The Bertz CT molecular complexity index is 294. The lowest BCUT2D eigenvalue weighted by atomic mass is 9.75. The van der Waals surface area contributed by atoms with E-state index in [9.17, 15) is 4.79 Å². The van der Waals surface area contributed by atoms with Crippen molar-refractivity contribution in [2.75, 3.05) is 0 Å². The quantitative estimate of drug-likeness (QED) is 0.564. The van der Waals surface area contributed by atoms with Crippen molar-refractivity contribution in [1.29, 1.82) is 0 Å². The summed E-state index contributed by atoms with van der Waals surface area (Å²) in [5, 5.41) is 0. The van der Waals surface area contributed by atoms with Crippen LogP contribution in [0.3, 0.4) is 0 Å². The maximum absolute atomic E-state index is 10.9. The van der Waals surface area contributed by atoms with Crippen LogP contribution < -0.4 is 0 Å². The molecule has 0 radical (unpaired) electrons. The van der Waals surface area contributed by atoms with Crippen molar-refractivity contribution in [3.63, 3.8) is 0 Å². The van der Waals surface area contributed by atoms with Crippen LogP contribution >= 0.6 is 0 Å². The zero-order chi connectivity index (χ0) is 10.2. The molecule has 0 fully saturated rings. The molecule has 0 N–H and O–H groups in total. The van der Waals surface area contributed by atoms with Gasteiger partial charge < -0.3 is 0 Å². The van der Waals surface area contributed by atoms with Gasteiger partial charge in [-0.25, -0.2) is 0 Å². The highest BCUT2D eigenvalue weighted by atomic mass is 16.1. The SMILES string of the molecule is CC1=C(C)C(C)C(C)C(C=O)=C1C. The van der Waals surface area contributed by atoms with Gasteiger partial charge in [0.05, 0.1) is 0 Å². The van der Waals surface area contributed by atoms with E-state index in [1.807, 2.05) is 6.92 Å². The minimum atomic E-state index is 0.376. The van der Waals surface area contributed by atoms with E-state index in [1.165, 1.54) is 16.7 Å². The van der Waals surface area contributed by atoms with Gasteiger partial charge in [-0.3, -0.25) is 4.79 Å². The average molecular weight is 178 g/mol. The van der Waals surface area contributed by atoms with E-state index in [2.05, 4.69) is 27.7 Å². The van der Waals surface area contributed by atoms with Crippen LogP contribution in [0, 0.1) is 11.8 Å². The summed E-state index contributed by atoms with van der Waals surface area (Å²) >= 11 is 0. The third-order valence-electron chi connectivity index (χ3n) is 3.64. The second-order valence-corrected chi connectivity index (χ2v) is 4.08. The van der Waals surface area contributed by atoms with E-state index in [4.69, 9.17) is 0 Å². The number of allylic oxidation sites excluding steroid dienone is 4. The van der Waals surface area contributed by atoms with Gasteiger partial charge in [-0.05, 0) is 49.3 Å². The third kappa shape index (κ3) is 1.48. The van der Waals surface area contributed by atoms with E-state index in [-0.39, 0.29) is 0 Å². The van der Waals surface area contributed by atoms with Crippen molar-refractivity contribution < 1.29 is 4.79 Å². The molecule has 0 saturated heterocycles. The van der Waals surface area contributed by atoms with Gasteiger partial charge in [-0.1, -0.05) is 19.4 Å². The summed E-state index contributed by atoms with van der Waals surface area (Å²) in [7, 11) is 0. The smallest absolute Gasteiger partial charge is 0.146 e. The Balaban J connectivity index is 3.26. The molecular formula is C12H18O. The molecule has 0 aromatic rings. The molecule has 72 valence electrons. The number of rotatable bonds is 1. The van der Waals surface area contributed by atoms with Crippen LogP contribution in [0.15, 0.2) is 22.3 Å². The molecule has 1 aliphatic rings. The molecule has 0 saturated carbocycles. The molecule has 2 unspecified atom stereocenters. The summed E-state index contributed by atoms with van der Waals surface area (Å²) in [5.41, 5.74) is 4.89. The molecule has 0 aromatic heterocycles. The highest BCUT2D eigenvalue weighted by molar-refractivity contribution is 5.78. The van der Waals surface area contributed by atoms with Crippen molar-refractivity contribution in [1.82, 2.24) is 0 Å². The first-order valence-electron chi connectivity index (χ1n) is 4.84. The fourth-order valence-corrected chi connectivity index (χ4v) is 2.04. The first-order valence-corrected chi connectivity index (χ1v) is 4.84. The number of hydrogen-bond donors (Lipinski definition) is 0. The Labute approximate surface area is 80.5 Å². The lowest BCUT2D eigenvalue weighted by Gasteiger charge is -2.30. The summed E-state index contributed by atoms with van der Waals surface area (Å²) in [4.78, 5) is 10.9. The molecule has 0 bridgehead atoms. The first-order chi connectivity index (χ1) is 6.00. The van der Waals surface area contributed by atoms with Crippen molar-refractivity contribution in [2.24, 2.45) is 11.8 Å². The molecule has 0 amide bonds. The first kappa shape index (κ1) is 10.2. The predicted molar refractivity (Wildman–Crippen MR) is 55.5 cm³/mol. The maximum atomic E-state index is 10.9. The molecule has 1 heteroatoms. The topological polar surface area (TPSA) is 17.1 Å². The third-order valence-corrected chi connectivity index (χ3v) is 3.64. The van der Waals surface area contributed by atoms with E-state index in [0.717, 1.165) is 11.9 Å². The van der Waals surface area contributed by atoms with Gasteiger partial charge in [0.1, 0.15) is 6.29 Å². The van der Waals surface area contributed by atoms with E-state index < -0.39 is 0 Å². The van der Waals surface area contributed by atoms with Gasteiger partial charge in [0.15, 0.2) is 0 Å². The summed E-state index contributed by atoms with van der Waals surface area (Å²) in [6.07, 6.45) is 1.02. The van der Waals surface area contributed by atoms with Crippen molar-refractivity contribution in [3.05, 3.63) is 22.3 Å². The van der Waals surface area contributed by atoms with Gasteiger partial charge in [-0.2, -0.15) is 0 Å². The average Bonchev–Trinajstić information content (AvgIpc) is 2.13. The van der Waals surface area contributed by atoms with Crippen molar-refractivity contribution >= 4 is 6.29 Å². The summed E-state index contributed by atoms with van der Waals surface area (Å²) in [6.45, 7) is 10.6. The van der Waals surface area contributed by atoms with Gasteiger partial charge in [-0.15, -0.1) is 0 Å². The number of carbonyl (C=O) groups is 1. The Morgan fingerprint density at radius 1 is 1.00 bits per heavy atom. The van der Waals surface area contributed by atoms with Gasteiger partial charge in [0.25, 0.3) is 0 Å². The minimum Gasteiger partial charge on any atom is -0.298 e. The summed E-state index contributed by atoms with van der Waals surface area (Å²) < 4.78 is 0. The normalized spacial score (nSPS) is 29.6. The van der Waals surface area contributed by atoms with Crippen molar-refractivity contribution in [3.8, 4) is 0 Å². The predicted octanol–water partition coefficient (Wildman–Crippen LogP) is 3.12. The zero-order valence-electron chi connectivity index (χ0n) is 9.14.